The number of hydrogen-bond donors (Lipinski definition) is 7. The van der Waals surface area contributed by atoms with Crippen molar-refractivity contribution in [3.05, 3.63) is 36.0 Å². The molecular weight excluding hydrogens is 494 g/mol. The molecular formula is C26H39N5O5S. The molecule has 2 rings (SSSR count). The van der Waals surface area contributed by atoms with Gasteiger partial charge in [0.15, 0.2) is 0 Å². The molecule has 0 spiro atoms. The van der Waals surface area contributed by atoms with Gasteiger partial charge < -0.3 is 31.8 Å². The number of thiol groups is 1. The molecule has 0 fully saturated rings. The summed E-state index contributed by atoms with van der Waals surface area (Å²) in [5.74, 6) is -2.82. The summed E-state index contributed by atoms with van der Waals surface area (Å²) < 4.78 is 0. The first-order chi connectivity index (χ1) is 17.4. The molecule has 0 saturated carbocycles. The van der Waals surface area contributed by atoms with Crippen LogP contribution in [0.4, 0.5) is 0 Å². The number of aromatic amines is 1. The summed E-state index contributed by atoms with van der Waals surface area (Å²) in [6.45, 7) is 7.61. The largest absolute Gasteiger partial charge is 0.480 e. The maximum Gasteiger partial charge on any atom is 0.327 e. The molecule has 0 bridgehead atoms. The van der Waals surface area contributed by atoms with Gasteiger partial charge in [0.25, 0.3) is 0 Å². The van der Waals surface area contributed by atoms with Crippen LogP contribution in [-0.4, -0.2) is 63.7 Å². The van der Waals surface area contributed by atoms with Crippen LogP contribution in [0, 0.1) is 11.8 Å². The van der Waals surface area contributed by atoms with Crippen molar-refractivity contribution in [2.45, 2.75) is 71.1 Å². The van der Waals surface area contributed by atoms with E-state index in [2.05, 4.69) is 33.6 Å². The fraction of sp³-hybridized carbons (Fsp3) is 0.538. The van der Waals surface area contributed by atoms with E-state index in [4.69, 9.17) is 5.73 Å². The Bertz CT molecular complexity index is 1090. The van der Waals surface area contributed by atoms with Crippen LogP contribution in [0.2, 0.25) is 0 Å². The van der Waals surface area contributed by atoms with Crippen LogP contribution < -0.4 is 21.7 Å². The minimum Gasteiger partial charge on any atom is -0.480 e. The van der Waals surface area contributed by atoms with Gasteiger partial charge >= 0.3 is 5.97 Å². The first-order valence-electron chi connectivity index (χ1n) is 12.5. The van der Waals surface area contributed by atoms with Gasteiger partial charge in [-0.15, -0.1) is 0 Å². The molecule has 2 aromatic rings. The summed E-state index contributed by atoms with van der Waals surface area (Å²) in [6, 6.07) is 3.75. The van der Waals surface area contributed by atoms with Gasteiger partial charge in [-0.25, -0.2) is 4.79 Å². The first-order valence-corrected chi connectivity index (χ1v) is 13.1. The normalized spacial score (nSPS) is 14.7. The predicted octanol–water partition coefficient (Wildman–Crippen LogP) is 1.60. The van der Waals surface area contributed by atoms with Crippen LogP contribution in [0.1, 0.15) is 46.1 Å². The third kappa shape index (κ3) is 9.08. The lowest BCUT2D eigenvalue weighted by atomic mass is 9.99. The summed E-state index contributed by atoms with van der Waals surface area (Å²) >= 11 is 3.97. The van der Waals surface area contributed by atoms with Gasteiger partial charge in [0.2, 0.25) is 17.7 Å². The van der Waals surface area contributed by atoms with Crippen LogP contribution in [0.5, 0.6) is 0 Å². The summed E-state index contributed by atoms with van der Waals surface area (Å²) in [5, 5.41) is 18.1. The van der Waals surface area contributed by atoms with Crippen molar-refractivity contribution in [3.8, 4) is 0 Å². The summed E-state index contributed by atoms with van der Waals surface area (Å²) in [6.07, 6.45) is 2.73. The molecule has 0 saturated heterocycles. The number of para-hydroxylation sites is 1. The number of nitrogens with two attached hydrogens (primary N) is 1. The van der Waals surface area contributed by atoms with Gasteiger partial charge in [-0.05, 0) is 42.7 Å². The quantitative estimate of drug-likeness (QED) is 0.182. The Labute approximate surface area is 222 Å². The van der Waals surface area contributed by atoms with E-state index >= 15 is 0 Å². The molecule has 204 valence electrons. The van der Waals surface area contributed by atoms with Crippen molar-refractivity contribution in [2.24, 2.45) is 17.6 Å². The average molecular weight is 534 g/mol. The maximum absolute atomic E-state index is 13.2. The number of carboxylic acid groups (broad SMARTS) is 1. The molecule has 37 heavy (non-hydrogen) atoms. The summed E-state index contributed by atoms with van der Waals surface area (Å²) in [5.41, 5.74) is 8.05. The number of carboxylic acids is 1. The number of rotatable bonds is 14. The topological polar surface area (TPSA) is 166 Å². The Hall–Kier alpha value is -3.05. The standard InChI is InChI=1S/C26H39N5O5S/c1-14(2)9-20(24(33)30-21(10-15(3)4)25(34)31-22(13-37)26(35)36)29-23(32)18(27)11-16-12-28-19-8-6-5-7-17(16)19/h5-8,12,14-15,18,20-22,28,37H,9-11,13,27H2,1-4H3,(H,29,32)(H,30,33)(H,31,34)(H,35,36). The third-order valence-electron chi connectivity index (χ3n) is 5.93. The highest BCUT2D eigenvalue weighted by Crippen LogP contribution is 2.19. The molecule has 11 heteroatoms. The van der Waals surface area contributed by atoms with E-state index in [1.807, 2.05) is 58.2 Å². The van der Waals surface area contributed by atoms with Gasteiger partial charge in [-0.2, -0.15) is 12.6 Å². The van der Waals surface area contributed by atoms with Crippen molar-refractivity contribution in [1.29, 1.82) is 0 Å². The molecule has 0 aliphatic heterocycles. The molecule has 0 aliphatic rings. The highest BCUT2D eigenvalue weighted by molar-refractivity contribution is 7.80. The average Bonchev–Trinajstić information content (AvgIpc) is 3.23. The van der Waals surface area contributed by atoms with Crippen LogP contribution in [-0.2, 0) is 25.6 Å². The van der Waals surface area contributed by atoms with E-state index in [-0.39, 0.29) is 24.0 Å². The van der Waals surface area contributed by atoms with Crippen LogP contribution >= 0.6 is 12.6 Å². The van der Waals surface area contributed by atoms with Crippen molar-refractivity contribution in [1.82, 2.24) is 20.9 Å². The van der Waals surface area contributed by atoms with E-state index < -0.39 is 47.9 Å². The molecule has 0 aliphatic carbocycles. The van der Waals surface area contributed by atoms with E-state index in [1.54, 1.807) is 0 Å². The number of nitrogens with one attached hydrogen (secondary N) is 4. The zero-order valence-electron chi connectivity index (χ0n) is 21.8. The molecule has 1 heterocycles. The lowest BCUT2D eigenvalue weighted by molar-refractivity contribution is -0.141. The Morgan fingerprint density at radius 1 is 0.892 bits per heavy atom. The number of H-pyrrole nitrogens is 1. The highest BCUT2D eigenvalue weighted by Gasteiger charge is 2.31. The zero-order chi connectivity index (χ0) is 27.7. The molecule has 3 amide bonds. The lowest BCUT2D eigenvalue weighted by Gasteiger charge is -2.26. The van der Waals surface area contributed by atoms with Gasteiger partial charge in [-0.1, -0.05) is 45.9 Å². The first kappa shape index (κ1) is 30.2. The zero-order valence-corrected chi connectivity index (χ0v) is 22.7. The smallest absolute Gasteiger partial charge is 0.327 e. The van der Waals surface area contributed by atoms with Crippen LogP contribution in [0.25, 0.3) is 10.9 Å². The SMILES string of the molecule is CC(C)CC(NC(=O)C(N)Cc1c[nH]c2ccccc12)C(=O)NC(CC(C)C)C(=O)NC(CS)C(=O)O. The third-order valence-corrected chi connectivity index (χ3v) is 6.29. The van der Waals surface area contributed by atoms with Crippen molar-refractivity contribution in [3.63, 3.8) is 0 Å². The minimum absolute atomic E-state index is 0.0399. The number of benzene rings is 1. The molecule has 1 aromatic heterocycles. The fourth-order valence-corrected chi connectivity index (χ4v) is 4.29. The second-order valence-corrected chi connectivity index (χ2v) is 10.5. The Balaban J connectivity index is 2.12. The number of aromatic nitrogens is 1. The highest BCUT2D eigenvalue weighted by atomic mass is 32.1. The van der Waals surface area contributed by atoms with Crippen molar-refractivity contribution >= 4 is 47.2 Å². The molecule has 4 atom stereocenters. The Morgan fingerprint density at radius 3 is 1.92 bits per heavy atom. The molecule has 1 aromatic carbocycles. The molecule has 7 N–H and O–H groups in total. The lowest BCUT2D eigenvalue weighted by Crippen LogP contribution is -2.57. The van der Waals surface area contributed by atoms with Crippen molar-refractivity contribution < 1.29 is 24.3 Å². The second kappa shape index (κ2) is 14.0. The molecule has 4 unspecified atom stereocenters. The number of aliphatic carboxylic acids is 1. The van der Waals surface area contributed by atoms with Gasteiger partial charge in [0.05, 0.1) is 6.04 Å². The fourth-order valence-electron chi connectivity index (χ4n) is 4.04. The van der Waals surface area contributed by atoms with Crippen LogP contribution in [0.15, 0.2) is 30.5 Å². The van der Waals surface area contributed by atoms with Gasteiger partial charge in [-0.3, -0.25) is 14.4 Å². The van der Waals surface area contributed by atoms with E-state index in [0.29, 0.717) is 12.8 Å². The van der Waals surface area contributed by atoms with Crippen LogP contribution in [0.3, 0.4) is 0 Å². The summed E-state index contributed by atoms with van der Waals surface area (Å²) in [4.78, 5) is 53.5. The molecule has 0 radical (unpaired) electrons. The van der Waals surface area contributed by atoms with Crippen molar-refractivity contribution in [2.75, 3.05) is 5.75 Å². The van der Waals surface area contributed by atoms with E-state index in [9.17, 15) is 24.3 Å². The molecule has 10 nitrogen and oxygen atoms in total. The Morgan fingerprint density at radius 2 is 1.41 bits per heavy atom. The van der Waals surface area contributed by atoms with Gasteiger partial charge in [0, 0.05) is 22.9 Å². The summed E-state index contributed by atoms with van der Waals surface area (Å²) in [7, 11) is 0. The van der Waals surface area contributed by atoms with Gasteiger partial charge in [0.1, 0.15) is 18.1 Å². The number of amides is 3. The predicted molar refractivity (Wildman–Crippen MR) is 146 cm³/mol. The number of hydrogen-bond acceptors (Lipinski definition) is 6. The monoisotopic (exact) mass is 533 g/mol. The van der Waals surface area contributed by atoms with E-state index in [1.165, 1.54) is 0 Å². The maximum atomic E-state index is 13.2. The number of carbonyl (C=O) groups excluding carboxylic acids is 3. The van der Waals surface area contributed by atoms with E-state index in [0.717, 1.165) is 16.5 Å². The number of fused-ring (bicyclic) bond motifs is 1. The second-order valence-electron chi connectivity index (χ2n) is 10.1. The number of carbonyl (C=O) groups is 4. The Kier molecular flexibility index (Phi) is 11.4. The minimum atomic E-state index is -1.22.